The Hall–Kier alpha value is -3.61. The van der Waals surface area contributed by atoms with E-state index in [1.54, 1.807) is 50.6 Å². The first-order chi connectivity index (χ1) is 13.0. The molecule has 0 bridgehead atoms. The normalized spacial score (nSPS) is 10.9. The Morgan fingerprint density at radius 1 is 1.07 bits per heavy atom. The average molecular weight is 366 g/mol. The number of methoxy groups -OCH3 is 2. The van der Waals surface area contributed by atoms with Crippen molar-refractivity contribution < 1.29 is 19.0 Å². The lowest BCUT2D eigenvalue weighted by molar-refractivity contribution is -0.131. The zero-order valence-corrected chi connectivity index (χ0v) is 15.1. The van der Waals surface area contributed by atoms with Crippen LogP contribution < -0.4 is 19.8 Å². The Morgan fingerprint density at radius 2 is 1.78 bits per heavy atom. The van der Waals surface area contributed by atoms with Gasteiger partial charge in [-0.1, -0.05) is 12.1 Å². The lowest BCUT2D eigenvalue weighted by Gasteiger charge is -2.06. The topological polar surface area (TPSA) is 90.5 Å². The van der Waals surface area contributed by atoms with Crippen LogP contribution in [0.3, 0.4) is 0 Å². The Balaban J connectivity index is 2.03. The maximum absolute atomic E-state index is 12.3. The number of ether oxygens (including phenoxy) is 3. The molecule has 0 spiro atoms. The van der Waals surface area contributed by atoms with E-state index in [1.165, 1.54) is 6.92 Å². The molecule has 7 heteroatoms. The van der Waals surface area contributed by atoms with Crippen LogP contribution in [0.25, 0.3) is 23.1 Å². The average Bonchev–Trinajstić information content (AvgIpc) is 2.66. The molecular formula is C20H18N2O5. The summed E-state index contributed by atoms with van der Waals surface area (Å²) in [5.74, 6) is 1.38. The zero-order chi connectivity index (χ0) is 19.4. The summed E-state index contributed by atoms with van der Waals surface area (Å²) in [5, 5.41) is 0.342. The van der Waals surface area contributed by atoms with Crippen molar-refractivity contribution >= 4 is 29.0 Å². The highest BCUT2D eigenvalue weighted by atomic mass is 16.5. The molecule has 1 aromatic heterocycles. The second-order valence-corrected chi connectivity index (χ2v) is 5.68. The minimum Gasteiger partial charge on any atom is -0.497 e. The summed E-state index contributed by atoms with van der Waals surface area (Å²) in [6.45, 7) is 1.29. The molecule has 0 fully saturated rings. The van der Waals surface area contributed by atoms with E-state index in [0.717, 1.165) is 5.56 Å². The molecule has 0 atom stereocenters. The predicted octanol–water partition coefficient (Wildman–Crippen LogP) is 3.04. The maximum Gasteiger partial charge on any atom is 0.308 e. The number of aromatic nitrogens is 2. The van der Waals surface area contributed by atoms with E-state index in [0.29, 0.717) is 28.2 Å². The van der Waals surface area contributed by atoms with Gasteiger partial charge in [-0.25, -0.2) is 4.98 Å². The third-order valence-corrected chi connectivity index (χ3v) is 3.78. The Kier molecular flexibility index (Phi) is 5.21. The third kappa shape index (κ3) is 4.14. The molecule has 0 saturated heterocycles. The van der Waals surface area contributed by atoms with E-state index < -0.39 is 5.97 Å². The SMILES string of the molecule is COc1cc(/C=C/c2nc3c(OC(C)=O)cccc3c(=O)[nH]2)cc(OC)c1. The highest BCUT2D eigenvalue weighted by Gasteiger charge is 2.10. The molecule has 3 aromatic rings. The number of carbonyl (C=O) groups is 1. The van der Waals surface area contributed by atoms with E-state index in [9.17, 15) is 9.59 Å². The van der Waals surface area contributed by atoms with Crippen molar-refractivity contribution in [1.82, 2.24) is 9.97 Å². The number of fused-ring (bicyclic) bond motifs is 1. The second-order valence-electron chi connectivity index (χ2n) is 5.68. The lowest BCUT2D eigenvalue weighted by Crippen LogP contribution is -2.11. The second kappa shape index (κ2) is 7.74. The molecule has 0 radical (unpaired) electrons. The number of aromatic amines is 1. The molecule has 138 valence electrons. The van der Waals surface area contributed by atoms with Crippen molar-refractivity contribution in [2.75, 3.05) is 14.2 Å². The van der Waals surface area contributed by atoms with Gasteiger partial charge in [0, 0.05) is 13.0 Å². The minimum absolute atomic E-state index is 0.240. The molecule has 2 aromatic carbocycles. The smallest absolute Gasteiger partial charge is 0.308 e. The standard InChI is InChI=1S/C20H18N2O5/c1-12(23)27-17-6-4-5-16-19(17)21-18(22-20(16)24)8-7-13-9-14(25-2)11-15(10-13)26-3/h4-11H,1-3H3,(H,21,22,24)/b8-7+. The number of carbonyl (C=O) groups excluding carboxylic acids is 1. The van der Waals surface area contributed by atoms with Gasteiger partial charge in [-0.15, -0.1) is 0 Å². The fraction of sp³-hybridized carbons (Fsp3) is 0.150. The number of H-pyrrole nitrogens is 1. The van der Waals surface area contributed by atoms with E-state index in [-0.39, 0.29) is 11.3 Å². The summed E-state index contributed by atoms with van der Waals surface area (Å²) in [7, 11) is 3.14. The Bertz CT molecular complexity index is 1060. The van der Waals surface area contributed by atoms with Crippen LogP contribution in [0.4, 0.5) is 0 Å². The largest absolute Gasteiger partial charge is 0.497 e. The van der Waals surface area contributed by atoms with E-state index in [1.807, 2.05) is 12.1 Å². The molecule has 0 aliphatic carbocycles. The summed E-state index contributed by atoms with van der Waals surface area (Å²) < 4.78 is 15.6. The molecule has 0 unspecified atom stereocenters. The number of benzene rings is 2. The zero-order valence-electron chi connectivity index (χ0n) is 15.1. The number of esters is 1. The van der Waals surface area contributed by atoms with E-state index >= 15 is 0 Å². The molecule has 0 aliphatic rings. The summed E-state index contributed by atoms with van der Waals surface area (Å²) >= 11 is 0. The fourth-order valence-electron chi connectivity index (χ4n) is 2.57. The summed E-state index contributed by atoms with van der Waals surface area (Å²) in [6, 6.07) is 10.3. The first-order valence-electron chi connectivity index (χ1n) is 8.13. The van der Waals surface area contributed by atoms with Gasteiger partial charge >= 0.3 is 5.97 Å². The molecule has 3 rings (SSSR count). The van der Waals surface area contributed by atoms with Gasteiger partial charge in [-0.3, -0.25) is 9.59 Å². The van der Waals surface area contributed by atoms with Gasteiger partial charge in [0.15, 0.2) is 5.75 Å². The predicted molar refractivity (Wildman–Crippen MR) is 102 cm³/mol. The lowest BCUT2D eigenvalue weighted by atomic mass is 10.2. The molecule has 1 heterocycles. The molecule has 27 heavy (non-hydrogen) atoms. The van der Waals surface area contributed by atoms with Crippen LogP contribution >= 0.6 is 0 Å². The first kappa shape index (κ1) is 18.2. The Morgan fingerprint density at radius 3 is 2.41 bits per heavy atom. The van der Waals surface area contributed by atoms with Crippen molar-refractivity contribution in [2.45, 2.75) is 6.92 Å². The molecule has 0 aliphatic heterocycles. The number of nitrogens with one attached hydrogen (secondary N) is 1. The quantitative estimate of drug-likeness (QED) is 0.551. The van der Waals surface area contributed by atoms with Crippen LogP contribution in [-0.2, 0) is 4.79 Å². The number of rotatable bonds is 5. The number of hydrogen-bond donors (Lipinski definition) is 1. The van der Waals surface area contributed by atoms with Crippen molar-refractivity contribution in [1.29, 1.82) is 0 Å². The number of nitrogens with zero attached hydrogens (tertiary/aromatic N) is 1. The third-order valence-electron chi connectivity index (χ3n) is 3.78. The summed E-state index contributed by atoms with van der Waals surface area (Å²) in [5.41, 5.74) is 0.804. The van der Waals surface area contributed by atoms with Gasteiger partial charge in [0.2, 0.25) is 0 Å². The van der Waals surface area contributed by atoms with Gasteiger partial charge < -0.3 is 19.2 Å². The van der Waals surface area contributed by atoms with Crippen LogP contribution in [-0.4, -0.2) is 30.2 Å². The molecule has 7 nitrogen and oxygen atoms in total. The monoisotopic (exact) mass is 366 g/mol. The molecular weight excluding hydrogens is 348 g/mol. The molecule has 0 saturated carbocycles. The summed E-state index contributed by atoms with van der Waals surface area (Å²) in [4.78, 5) is 30.7. The van der Waals surface area contributed by atoms with Crippen LogP contribution in [0.15, 0.2) is 41.2 Å². The van der Waals surface area contributed by atoms with Crippen LogP contribution in [0.1, 0.15) is 18.3 Å². The van der Waals surface area contributed by atoms with Crippen LogP contribution in [0.2, 0.25) is 0 Å². The van der Waals surface area contributed by atoms with Gasteiger partial charge in [0.1, 0.15) is 22.8 Å². The number of hydrogen-bond acceptors (Lipinski definition) is 6. The number of para-hydroxylation sites is 1. The minimum atomic E-state index is -0.481. The van der Waals surface area contributed by atoms with Crippen LogP contribution in [0.5, 0.6) is 17.2 Å². The van der Waals surface area contributed by atoms with E-state index in [4.69, 9.17) is 14.2 Å². The van der Waals surface area contributed by atoms with E-state index in [2.05, 4.69) is 9.97 Å². The maximum atomic E-state index is 12.3. The van der Waals surface area contributed by atoms with Gasteiger partial charge in [-0.05, 0) is 35.9 Å². The molecule has 1 N–H and O–H groups in total. The van der Waals surface area contributed by atoms with Gasteiger partial charge in [0.05, 0.1) is 19.6 Å². The van der Waals surface area contributed by atoms with Crippen LogP contribution in [0, 0.1) is 0 Å². The first-order valence-corrected chi connectivity index (χ1v) is 8.13. The van der Waals surface area contributed by atoms with Gasteiger partial charge in [0.25, 0.3) is 5.56 Å². The fourth-order valence-corrected chi connectivity index (χ4v) is 2.57. The summed E-state index contributed by atoms with van der Waals surface area (Å²) in [6.07, 6.45) is 3.42. The highest BCUT2D eigenvalue weighted by molar-refractivity contribution is 5.87. The van der Waals surface area contributed by atoms with Crippen molar-refractivity contribution in [3.8, 4) is 17.2 Å². The van der Waals surface area contributed by atoms with Crippen molar-refractivity contribution in [3.05, 3.63) is 58.1 Å². The van der Waals surface area contributed by atoms with Gasteiger partial charge in [-0.2, -0.15) is 0 Å². The van der Waals surface area contributed by atoms with Crippen molar-refractivity contribution in [3.63, 3.8) is 0 Å². The highest BCUT2D eigenvalue weighted by Crippen LogP contribution is 2.24. The molecule has 0 amide bonds. The van der Waals surface area contributed by atoms with Crippen molar-refractivity contribution in [2.24, 2.45) is 0 Å². The Labute approximate surface area is 155 Å².